The van der Waals surface area contributed by atoms with Crippen LogP contribution in [0.4, 0.5) is 11.6 Å². The Bertz CT molecular complexity index is 503. The van der Waals surface area contributed by atoms with Crippen LogP contribution in [0.1, 0.15) is 24.6 Å². The Labute approximate surface area is 98.4 Å². The highest BCUT2D eigenvalue weighted by Crippen LogP contribution is 2.38. The van der Waals surface area contributed by atoms with Crippen molar-refractivity contribution < 1.29 is 4.74 Å². The minimum atomic E-state index is 0.576. The number of rotatable bonds is 4. The van der Waals surface area contributed by atoms with Gasteiger partial charge in [0.15, 0.2) is 0 Å². The van der Waals surface area contributed by atoms with Gasteiger partial charge >= 0.3 is 0 Å². The van der Waals surface area contributed by atoms with Crippen LogP contribution in [-0.4, -0.2) is 27.3 Å². The minimum Gasteiger partial charge on any atom is -0.481 e. The van der Waals surface area contributed by atoms with Gasteiger partial charge in [0.2, 0.25) is 11.8 Å². The number of ether oxygens (including phenoxy) is 1. The molecule has 2 heterocycles. The molecule has 0 bridgehead atoms. The number of anilines is 2. The second kappa shape index (κ2) is 4.04. The summed E-state index contributed by atoms with van der Waals surface area (Å²) in [5.41, 5.74) is 0.840. The molecule has 1 saturated carbocycles. The molecule has 1 aliphatic rings. The Kier molecular flexibility index (Phi) is 2.40. The number of hydrogen-bond donors (Lipinski definition) is 2. The molecule has 2 N–H and O–H groups in total. The molecule has 0 aliphatic heterocycles. The molecule has 0 unspecified atom stereocenters. The average molecular weight is 231 g/mol. The number of aromatic amines is 1. The maximum Gasteiger partial charge on any atom is 0.246 e. The minimum absolute atomic E-state index is 0.576. The second-order valence-corrected chi connectivity index (χ2v) is 4.03. The lowest BCUT2D eigenvalue weighted by molar-refractivity contribution is 0.398. The molecule has 6 heteroatoms. The molecule has 0 saturated heterocycles. The van der Waals surface area contributed by atoms with Gasteiger partial charge in [0, 0.05) is 12.0 Å². The van der Waals surface area contributed by atoms with E-state index >= 15 is 0 Å². The van der Waals surface area contributed by atoms with E-state index in [1.165, 1.54) is 12.8 Å². The number of aromatic nitrogens is 4. The van der Waals surface area contributed by atoms with Gasteiger partial charge in [0.05, 0.1) is 19.0 Å². The zero-order chi connectivity index (χ0) is 11.7. The molecule has 2 aromatic rings. The van der Waals surface area contributed by atoms with E-state index in [-0.39, 0.29) is 0 Å². The summed E-state index contributed by atoms with van der Waals surface area (Å²) in [7, 11) is 1.59. The van der Waals surface area contributed by atoms with Crippen LogP contribution < -0.4 is 10.1 Å². The van der Waals surface area contributed by atoms with Crippen LogP contribution in [0.2, 0.25) is 0 Å². The van der Waals surface area contributed by atoms with Crippen molar-refractivity contribution in [3.63, 3.8) is 0 Å². The summed E-state index contributed by atoms with van der Waals surface area (Å²) in [5, 5.41) is 10.1. The van der Waals surface area contributed by atoms with Crippen LogP contribution in [0.25, 0.3) is 0 Å². The quantitative estimate of drug-likeness (QED) is 0.839. The van der Waals surface area contributed by atoms with Crippen LogP contribution in [0, 0.1) is 0 Å². The van der Waals surface area contributed by atoms with Crippen molar-refractivity contribution in [1.82, 2.24) is 20.2 Å². The molecule has 0 spiro atoms. The number of pyridine rings is 1. The molecule has 88 valence electrons. The van der Waals surface area contributed by atoms with Gasteiger partial charge in [0.1, 0.15) is 5.82 Å². The van der Waals surface area contributed by atoms with E-state index in [9.17, 15) is 0 Å². The first-order valence-corrected chi connectivity index (χ1v) is 5.54. The first kappa shape index (κ1) is 10.1. The Balaban J connectivity index is 1.71. The Morgan fingerprint density at radius 2 is 2.29 bits per heavy atom. The van der Waals surface area contributed by atoms with Crippen molar-refractivity contribution in [3.8, 4) is 5.88 Å². The van der Waals surface area contributed by atoms with Crippen LogP contribution in [0.3, 0.4) is 0 Å². The van der Waals surface area contributed by atoms with E-state index in [0.29, 0.717) is 17.7 Å². The second-order valence-electron chi connectivity index (χ2n) is 4.03. The number of nitrogens with one attached hydrogen (secondary N) is 2. The van der Waals surface area contributed by atoms with Gasteiger partial charge in [-0.25, -0.2) is 4.98 Å². The summed E-state index contributed by atoms with van der Waals surface area (Å²) in [5.74, 6) is 2.71. The molecular weight excluding hydrogens is 218 g/mol. The highest BCUT2D eigenvalue weighted by atomic mass is 16.5. The van der Waals surface area contributed by atoms with Crippen molar-refractivity contribution >= 4 is 11.6 Å². The van der Waals surface area contributed by atoms with Gasteiger partial charge in [0.25, 0.3) is 0 Å². The summed E-state index contributed by atoms with van der Waals surface area (Å²) >= 11 is 0. The zero-order valence-corrected chi connectivity index (χ0v) is 9.47. The van der Waals surface area contributed by atoms with Crippen molar-refractivity contribution in [3.05, 3.63) is 24.2 Å². The molecule has 0 radical (unpaired) electrons. The average Bonchev–Trinajstić information content (AvgIpc) is 3.12. The Hall–Kier alpha value is -2.11. The van der Waals surface area contributed by atoms with Gasteiger partial charge < -0.3 is 10.1 Å². The van der Waals surface area contributed by atoms with Crippen LogP contribution >= 0.6 is 0 Å². The van der Waals surface area contributed by atoms with Gasteiger partial charge in [-0.15, -0.1) is 5.10 Å². The molecule has 0 atom stereocenters. The number of H-pyrrole nitrogens is 1. The van der Waals surface area contributed by atoms with Gasteiger partial charge in [-0.3, -0.25) is 5.10 Å². The first-order chi connectivity index (χ1) is 8.35. The molecule has 0 amide bonds. The molecular formula is C11H13N5O. The lowest BCUT2D eigenvalue weighted by Gasteiger charge is -2.02. The summed E-state index contributed by atoms with van der Waals surface area (Å²) in [4.78, 5) is 8.47. The maximum absolute atomic E-state index is 4.99. The van der Waals surface area contributed by atoms with E-state index < -0.39 is 0 Å². The third-order valence-corrected chi connectivity index (χ3v) is 2.67. The number of methoxy groups -OCH3 is 1. The topological polar surface area (TPSA) is 75.7 Å². The molecule has 3 rings (SSSR count). The predicted octanol–water partition coefficient (Wildman–Crippen LogP) is 1.83. The van der Waals surface area contributed by atoms with Crippen molar-refractivity contribution in [2.24, 2.45) is 0 Å². The monoisotopic (exact) mass is 231 g/mol. The maximum atomic E-state index is 4.99. The fourth-order valence-corrected chi connectivity index (χ4v) is 1.57. The summed E-state index contributed by atoms with van der Waals surface area (Å²) in [6.07, 6.45) is 4.10. The number of nitrogens with zero attached hydrogens (tertiary/aromatic N) is 3. The summed E-state index contributed by atoms with van der Waals surface area (Å²) in [6, 6.07) is 3.66. The van der Waals surface area contributed by atoms with Crippen LogP contribution in [0.15, 0.2) is 18.3 Å². The molecule has 17 heavy (non-hydrogen) atoms. The summed E-state index contributed by atoms with van der Waals surface area (Å²) in [6.45, 7) is 0. The zero-order valence-electron chi connectivity index (χ0n) is 9.47. The smallest absolute Gasteiger partial charge is 0.246 e. The van der Waals surface area contributed by atoms with Gasteiger partial charge in [-0.2, -0.15) is 4.98 Å². The van der Waals surface area contributed by atoms with Crippen LogP contribution in [-0.2, 0) is 0 Å². The molecule has 2 aromatic heterocycles. The van der Waals surface area contributed by atoms with Crippen molar-refractivity contribution in [2.75, 3.05) is 12.4 Å². The lowest BCUT2D eigenvalue weighted by Crippen LogP contribution is -1.94. The highest BCUT2D eigenvalue weighted by molar-refractivity contribution is 5.51. The third-order valence-electron chi connectivity index (χ3n) is 2.67. The molecule has 1 fully saturated rings. The molecule has 1 aliphatic carbocycles. The van der Waals surface area contributed by atoms with E-state index in [4.69, 9.17) is 4.74 Å². The highest BCUT2D eigenvalue weighted by Gasteiger charge is 2.27. The molecule has 6 nitrogen and oxygen atoms in total. The van der Waals surface area contributed by atoms with Crippen molar-refractivity contribution in [2.45, 2.75) is 18.8 Å². The van der Waals surface area contributed by atoms with E-state index in [1.807, 2.05) is 6.07 Å². The number of hydrogen-bond acceptors (Lipinski definition) is 5. The fraction of sp³-hybridized carbons (Fsp3) is 0.364. The first-order valence-electron chi connectivity index (χ1n) is 5.54. The lowest BCUT2D eigenvalue weighted by atomic mass is 10.4. The summed E-state index contributed by atoms with van der Waals surface area (Å²) < 4.78 is 4.99. The predicted molar refractivity (Wildman–Crippen MR) is 62.4 cm³/mol. The van der Waals surface area contributed by atoms with Gasteiger partial charge in [-0.1, -0.05) is 0 Å². The van der Waals surface area contributed by atoms with E-state index in [0.717, 1.165) is 11.5 Å². The Morgan fingerprint density at radius 1 is 1.41 bits per heavy atom. The van der Waals surface area contributed by atoms with Crippen LogP contribution in [0.5, 0.6) is 5.88 Å². The Morgan fingerprint density at radius 3 is 2.94 bits per heavy atom. The fourth-order valence-electron chi connectivity index (χ4n) is 1.57. The van der Waals surface area contributed by atoms with E-state index in [1.54, 1.807) is 19.4 Å². The standard InChI is InChI=1S/C11H13N5O/c1-17-9-5-4-8(6-12-9)13-11-14-10(15-16-11)7-2-3-7/h4-7H,2-3H2,1H3,(H2,13,14,15,16). The largest absolute Gasteiger partial charge is 0.481 e. The normalized spacial score (nSPS) is 14.6. The molecule has 0 aromatic carbocycles. The van der Waals surface area contributed by atoms with Gasteiger partial charge in [-0.05, 0) is 18.9 Å². The SMILES string of the molecule is COc1ccc(Nc2n[nH]c(C3CC3)n2)cn1. The van der Waals surface area contributed by atoms with E-state index in [2.05, 4.69) is 25.5 Å². The third kappa shape index (κ3) is 2.20. The van der Waals surface area contributed by atoms with Crippen molar-refractivity contribution in [1.29, 1.82) is 0 Å².